The van der Waals surface area contributed by atoms with E-state index in [1.54, 1.807) is 41.3 Å². The second-order valence-corrected chi connectivity index (χ2v) is 10.0. The molecule has 14 nitrogen and oxygen atoms in total. The maximum absolute atomic E-state index is 13.6. The van der Waals surface area contributed by atoms with Crippen LogP contribution in [0.3, 0.4) is 0 Å². The summed E-state index contributed by atoms with van der Waals surface area (Å²) in [4.78, 5) is 67.2. The smallest absolute Gasteiger partial charge is 0.326 e. The van der Waals surface area contributed by atoms with Crippen LogP contribution in [0.2, 0.25) is 0 Å². The fourth-order valence-corrected chi connectivity index (χ4v) is 4.99. The molecule has 3 amide bonds. The fraction of sp³-hybridized carbons (Fsp3) is 0.357. The van der Waals surface area contributed by atoms with Gasteiger partial charge in [0.25, 0.3) is 11.8 Å². The largest absolute Gasteiger partial charge is 0.491 e. The number of hydrogen-bond donors (Lipinski definition) is 6. The predicted octanol–water partition coefficient (Wildman–Crippen LogP) is 1.07. The number of aliphatic imine (C=N–C) groups is 1. The van der Waals surface area contributed by atoms with Crippen molar-refractivity contribution >= 4 is 47.0 Å². The molecule has 2 aliphatic heterocycles. The fourth-order valence-electron chi connectivity index (χ4n) is 4.99. The van der Waals surface area contributed by atoms with E-state index in [4.69, 9.17) is 21.3 Å². The van der Waals surface area contributed by atoms with Gasteiger partial charge < -0.3 is 42.0 Å². The van der Waals surface area contributed by atoms with Crippen LogP contribution < -0.4 is 26.8 Å². The number of nitrogens with zero attached hydrogens (tertiary/aromatic N) is 2. The minimum Gasteiger partial charge on any atom is -0.491 e. The highest BCUT2D eigenvalue weighted by atomic mass is 16.5. The van der Waals surface area contributed by atoms with Crippen molar-refractivity contribution in [1.82, 2.24) is 10.2 Å². The molecule has 1 fully saturated rings. The molecule has 0 aromatic heterocycles. The van der Waals surface area contributed by atoms with Gasteiger partial charge in [-0.1, -0.05) is 6.07 Å². The normalized spacial score (nSPS) is 16.0. The summed E-state index contributed by atoms with van der Waals surface area (Å²) >= 11 is 0. The highest BCUT2D eigenvalue weighted by molar-refractivity contribution is 6.08. The summed E-state index contributed by atoms with van der Waals surface area (Å²) in [6, 6.07) is 8.38. The Morgan fingerprint density at radius 3 is 2.52 bits per heavy atom. The second-order valence-electron chi connectivity index (χ2n) is 10.0. The lowest BCUT2D eigenvalue weighted by molar-refractivity contribution is -0.147. The third-order valence-corrected chi connectivity index (χ3v) is 7.07. The highest BCUT2D eigenvalue weighted by Crippen LogP contribution is 2.33. The van der Waals surface area contributed by atoms with Gasteiger partial charge in [-0.15, -0.1) is 0 Å². The zero-order chi connectivity index (χ0) is 30.4. The van der Waals surface area contributed by atoms with Crippen molar-refractivity contribution in [3.8, 4) is 5.75 Å². The van der Waals surface area contributed by atoms with Crippen LogP contribution in [-0.2, 0) is 20.8 Å². The maximum atomic E-state index is 13.6. The van der Waals surface area contributed by atoms with Crippen molar-refractivity contribution in [1.29, 1.82) is 0 Å². The van der Waals surface area contributed by atoms with Gasteiger partial charge >= 0.3 is 11.9 Å². The Morgan fingerprint density at radius 1 is 1.12 bits per heavy atom. The number of anilines is 1. The minimum absolute atomic E-state index is 0.0937. The number of piperidine rings is 1. The number of amides is 3. The third kappa shape index (κ3) is 7.13. The molecule has 0 aliphatic carbocycles. The van der Waals surface area contributed by atoms with Gasteiger partial charge in [0.15, 0.2) is 11.7 Å². The van der Waals surface area contributed by atoms with Gasteiger partial charge in [-0.25, -0.2) is 9.79 Å². The molecule has 2 aromatic carbocycles. The molecule has 2 heterocycles. The lowest BCUT2D eigenvalue weighted by atomic mass is 9.94. The van der Waals surface area contributed by atoms with Crippen LogP contribution in [-0.4, -0.2) is 76.5 Å². The highest BCUT2D eigenvalue weighted by Gasteiger charge is 2.32. The number of carboxylic acid groups (broad SMARTS) is 2. The van der Waals surface area contributed by atoms with Crippen LogP contribution in [0.4, 0.5) is 11.4 Å². The maximum Gasteiger partial charge on any atom is 0.326 e. The molecule has 4 rings (SSSR count). The van der Waals surface area contributed by atoms with Crippen LogP contribution >= 0.6 is 0 Å². The molecule has 14 heteroatoms. The van der Waals surface area contributed by atoms with E-state index in [9.17, 15) is 29.1 Å². The van der Waals surface area contributed by atoms with Gasteiger partial charge in [-0.05, 0) is 61.6 Å². The first-order chi connectivity index (χ1) is 20.0. The number of aryl methyl sites for hydroxylation is 1. The number of carbonyl (C=O) groups is 5. The van der Waals surface area contributed by atoms with Gasteiger partial charge in [-0.3, -0.25) is 19.2 Å². The number of likely N-dealkylation sites (tertiary alicyclic amines) is 1. The zero-order valence-electron chi connectivity index (χ0n) is 22.7. The summed E-state index contributed by atoms with van der Waals surface area (Å²) in [7, 11) is 0. The molecule has 0 unspecified atom stereocenters. The first kappa shape index (κ1) is 29.8. The lowest BCUT2D eigenvalue weighted by Gasteiger charge is -2.32. The molecule has 2 aromatic rings. The zero-order valence-corrected chi connectivity index (χ0v) is 22.7. The minimum atomic E-state index is -1.54. The second kappa shape index (κ2) is 13.0. The molecule has 0 spiro atoms. The molecule has 1 saturated heterocycles. The van der Waals surface area contributed by atoms with Gasteiger partial charge in [-0.2, -0.15) is 0 Å². The van der Waals surface area contributed by atoms with Crippen molar-refractivity contribution < 1.29 is 38.9 Å². The monoisotopic (exact) mass is 580 g/mol. The van der Waals surface area contributed by atoms with E-state index in [0.717, 1.165) is 5.56 Å². The van der Waals surface area contributed by atoms with Gasteiger partial charge in [0.2, 0.25) is 5.91 Å². The van der Waals surface area contributed by atoms with Gasteiger partial charge in [0.05, 0.1) is 30.0 Å². The number of carbonyl (C=O) groups excluding carboxylic acids is 3. The van der Waals surface area contributed by atoms with Crippen molar-refractivity contribution in [3.63, 3.8) is 0 Å². The van der Waals surface area contributed by atoms with Crippen LogP contribution in [0, 0.1) is 5.92 Å². The Balaban J connectivity index is 1.47. The molecule has 8 N–H and O–H groups in total. The summed E-state index contributed by atoms with van der Waals surface area (Å²) in [5.41, 5.74) is 13.3. The Kier molecular flexibility index (Phi) is 9.25. The van der Waals surface area contributed by atoms with Gasteiger partial charge in [0.1, 0.15) is 6.04 Å². The molecule has 0 bridgehead atoms. The number of ether oxygens (including phenoxy) is 1. The summed E-state index contributed by atoms with van der Waals surface area (Å²) in [6.45, 7) is 0.701. The van der Waals surface area contributed by atoms with E-state index in [1.807, 2.05) is 0 Å². The number of benzene rings is 2. The van der Waals surface area contributed by atoms with Crippen molar-refractivity contribution in [2.24, 2.45) is 22.4 Å². The summed E-state index contributed by atoms with van der Waals surface area (Å²) in [6.07, 6.45) is 0.850. The summed E-state index contributed by atoms with van der Waals surface area (Å²) < 4.78 is 6.02. The predicted molar refractivity (Wildman–Crippen MR) is 151 cm³/mol. The molecule has 42 heavy (non-hydrogen) atoms. The summed E-state index contributed by atoms with van der Waals surface area (Å²) in [5.74, 6) is -4.48. The number of fused-ring (bicyclic) bond motifs is 2. The van der Waals surface area contributed by atoms with E-state index in [2.05, 4.69) is 15.6 Å². The summed E-state index contributed by atoms with van der Waals surface area (Å²) in [5, 5.41) is 23.2. The molecule has 2 aliphatic rings. The van der Waals surface area contributed by atoms with Crippen molar-refractivity contribution in [2.75, 3.05) is 25.0 Å². The Bertz CT molecular complexity index is 1430. The Hall–Kier alpha value is -5.14. The standard InChI is InChI=1S/C28H32N6O8/c29-28(30)31-17-6-7-18-16(13-17)3-2-12-42-23-19(4-1-5-20(23)32-25(18)38)26(39)34-10-8-15(9-11-34)24(37)33-21(27(40)41)14-22(35)36/h1,4-7,13,15,21H,2-3,8-12,14H2,(H,32,38)(H,33,37)(H,35,36)(H,40,41)(H4,29,30,31)/t21-/m0/s1. The molecule has 0 radical (unpaired) electrons. The van der Waals surface area contributed by atoms with E-state index < -0.39 is 36.2 Å². The van der Waals surface area contributed by atoms with E-state index in [1.165, 1.54) is 0 Å². The van der Waals surface area contributed by atoms with E-state index in [-0.39, 0.29) is 61.6 Å². The Labute approximate surface area is 240 Å². The van der Waals surface area contributed by atoms with Crippen LogP contribution in [0.5, 0.6) is 5.75 Å². The third-order valence-electron chi connectivity index (χ3n) is 7.07. The van der Waals surface area contributed by atoms with E-state index >= 15 is 0 Å². The van der Waals surface area contributed by atoms with Crippen LogP contribution in [0.1, 0.15) is 52.0 Å². The molecular formula is C28H32N6O8. The van der Waals surface area contributed by atoms with E-state index in [0.29, 0.717) is 29.8 Å². The first-order valence-electron chi connectivity index (χ1n) is 13.4. The number of guanidine groups is 1. The number of rotatable bonds is 7. The van der Waals surface area contributed by atoms with Crippen LogP contribution in [0.25, 0.3) is 0 Å². The Morgan fingerprint density at radius 2 is 1.86 bits per heavy atom. The quantitative estimate of drug-likeness (QED) is 0.202. The number of para-hydroxylation sites is 1. The SMILES string of the molecule is NC(N)=Nc1ccc2c(c1)CCCOc1c(cccc1C(=O)N1CCC(C(=O)N[C@@H](CC(=O)O)C(=O)O)CC1)NC2=O. The number of hydrogen-bond acceptors (Lipinski definition) is 7. The van der Waals surface area contributed by atoms with Gasteiger partial charge in [0, 0.05) is 24.6 Å². The molecule has 1 atom stereocenters. The van der Waals surface area contributed by atoms with Crippen LogP contribution in [0.15, 0.2) is 41.4 Å². The number of nitrogens with one attached hydrogen (secondary N) is 2. The topological polar surface area (TPSA) is 227 Å². The number of aliphatic carboxylic acids is 2. The molecule has 222 valence electrons. The van der Waals surface area contributed by atoms with Crippen molar-refractivity contribution in [2.45, 2.75) is 38.1 Å². The number of carboxylic acids is 2. The number of nitrogens with two attached hydrogens (primary N) is 2. The average Bonchev–Trinajstić information content (AvgIpc) is 2.94. The molecule has 0 saturated carbocycles. The lowest BCUT2D eigenvalue weighted by Crippen LogP contribution is -2.48. The molecular weight excluding hydrogens is 548 g/mol. The van der Waals surface area contributed by atoms with Crippen molar-refractivity contribution in [3.05, 3.63) is 53.1 Å². The average molecular weight is 581 g/mol. The first-order valence-corrected chi connectivity index (χ1v) is 13.4.